The van der Waals surface area contributed by atoms with E-state index in [0.29, 0.717) is 51.8 Å². The molecule has 348 valence electrons. The highest BCUT2D eigenvalue weighted by atomic mass is 19.1. The Kier molecular flexibility index (Phi) is 13.5. The van der Waals surface area contributed by atoms with E-state index in [4.69, 9.17) is 14.5 Å². The lowest BCUT2D eigenvalue weighted by molar-refractivity contribution is -0.172. The lowest BCUT2D eigenvalue weighted by atomic mass is 9.81. The number of hydrogen-bond donors (Lipinski definition) is 5. The Morgan fingerprint density at radius 1 is 0.955 bits per heavy atom. The van der Waals surface area contributed by atoms with E-state index in [2.05, 4.69) is 21.3 Å². The topological polar surface area (TPSA) is 241 Å². The van der Waals surface area contributed by atoms with Crippen molar-refractivity contribution in [2.24, 2.45) is 0 Å². The van der Waals surface area contributed by atoms with Crippen LogP contribution < -0.4 is 26.8 Å². The highest BCUT2D eigenvalue weighted by Gasteiger charge is 2.46. The number of fused-ring (bicyclic) bond motifs is 5. The largest absolute Gasteiger partial charge is 0.458 e. The summed E-state index contributed by atoms with van der Waals surface area (Å²) in [4.78, 5) is 109. The summed E-state index contributed by atoms with van der Waals surface area (Å²) in [6.45, 7) is 7.29. The van der Waals surface area contributed by atoms with Gasteiger partial charge in [0.2, 0.25) is 17.7 Å². The van der Waals surface area contributed by atoms with Gasteiger partial charge in [-0.2, -0.15) is 0 Å². The molecule has 66 heavy (non-hydrogen) atoms. The number of rotatable bonds is 16. The first kappa shape index (κ1) is 47.2. The van der Waals surface area contributed by atoms with E-state index in [0.717, 1.165) is 11.1 Å². The number of hydrogen-bond acceptors (Lipinski definition) is 12. The Morgan fingerprint density at radius 2 is 1.68 bits per heavy atom. The van der Waals surface area contributed by atoms with Crippen molar-refractivity contribution in [1.29, 1.82) is 0 Å². The van der Waals surface area contributed by atoms with Gasteiger partial charge in [-0.1, -0.05) is 37.3 Å². The normalized spacial score (nSPS) is 17.4. The van der Waals surface area contributed by atoms with Crippen molar-refractivity contribution < 1.29 is 52.5 Å². The van der Waals surface area contributed by atoms with Crippen LogP contribution in [0, 0.1) is 12.7 Å². The van der Waals surface area contributed by atoms with Crippen LogP contribution in [0.3, 0.4) is 0 Å². The van der Waals surface area contributed by atoms with Gasteiger partial charge in [-0.15, -0.1) is 0 Å². The van der Waals surface area contributed by atoms with Gasteiger partial charge < -0.3 is 40.4 Å². The second-order valence-electron chi connectivity index (χ2n) is 17.9. The van der Waals surface area contributed by atoms with Gasteiger partial charge in [0, 0.05) is 48.3 Å². The van der Waals surface area contributed by atoms with E-state index in [1.54, 1.807) is 71.0 Å². The molecule has 1 aliphatic carbocycles. The van der Waals surface area contributed by atoms with Crippen LogP contribution in [-0.4, -0.2) is 80.7 Å². The zero-order chi connectivity index (χ0) is 47.7. The van der Waals surface area contributed by atoms with Gasteiger partial charge in [-0.3, -0.25) is 28.8 Å². The molecule has 2 aromatic heterocycles. The molecule has 17 nitrogen and oxygen atoms in total. The molecule has 4 amide bonds. The zero-order valence-corrected chi connectivity index (χ0v) is 37.5. The van der Waals surface area contributed by atoms with Gasteiger partial charge in [-0.25, -0.2) is 19.0 Å². The number of ketones is 2. The molecule has 18 heteroatoms. The molecule has 0 radical (unpaired) electrons. The number of nitrogens with one attached hydrogen (secondary N) is 4. The Labute approximate surface area is 379 Å². The molecule has 5 N–H and O–H groups in total. The Hall–Kier alpha value is -6.82. The number of ether oxygens (including phenoxy) is 2. The maximum Gasteiger partial charge on any atom is 0.408 e. The second-order valence-corrected chi connectivity index (χ2v) is 17.9. The number of benzene rings is 2. The third kappa shape index (κ3) is 9.88. The van der Waals surface area contributed by atoms with Crippen LogP contribution in [0.2, 0.25) is 0 Å². The van der Waals surface area contributed by atoms with Crippen molar-refractivity contribution in [3.05, 3.63) is 97.6 Å². The summed E-state index contributed by atoms with van der Waals surface area (Å²) in [5.41, 5.74) is 1.19. The highest BCUT2D eigenvalue weighted by Crippen LogP contribution is 2.46. The van der Waals surface area contributed by atoms with Crippen molar-refractivity contribution in [3.8, 4) is 11.4 Å². The number of esters is 1. The number of alkyl carbamates (subject to hydrolysis) is 1. The molecular weight excluding hydrogens is 856 g/mol. The third-order valence-corrected chi connectivity index (χ3v) is 12.2. The van der Waals surface area contributed by atoms with Crippen LogP contribution in [-0.2, 0) is 69.8 Å². The monoisotopic (exact) mass is 908 g/mol. The molecule has 3 atom stereocenters. The molecule has 2 aliphatic heterocycles. The van der Waals surface area contributed by atoms with E-state index < -0.39 is 82.6 Å². The third-order valence-electron chi connectivity index (χ3n) is 12.2. The number of pyridine rings is 2. The summed E-state index contributed by atoms with van der Waals surface area (Å²) in [7, 11) is 0. The van der Waals surface area contributed by atoms with Crippen LogP contribution in [0.25, 0.3) is 22.3 Å². The minimum atomic E-state index is -2.05. The predicted molar refractivity (Wildman–Crippen MR) is 236 cm³/mol. The second kappa shape index (κ2) is 19.0. The van der Waals surface area contributed by atoms with Crippen molar-refractivity contribution >= 4 is 52.3 Å². The number of nitrogens with zero attached hydrogens (tertiary/aromatic N) is 2. The number of Topliss-reactive ketones (excluding diaryl/α,β-unsaturated/α-hetero) is 2. The fraction of sp³-hybridized carbons (Fsp3) is 0.438. The predicted octanol–water partition coefficient (Wildman–Crippen LogP) is 3.70. The summed E-state index contributed by atoms with van der Waals surface area (Å²) in [5.74, 6) is -3.88. The summed E-state index contributed by atoms with van der Waals surface area (Å²) >= 11 is 0. The van der Waals surface area contributed by atoms with Crippen molar-refractivity contribution in [2.45, 2.75) is 122 Å². The Balaban J connectivity index is 1.00. The van der Waals surface area contributed by atoms with Gasteiger partial charge in [-0.05, 0) is 81.7 Å². The van der Waals surface area contributed by atoms with E-state index in [9.17, 15) is 43.5 Å². The molecule has 0 fully saturated rings. The van der Waals surface area contributed by atoms with Crippen LogP contribution in [0.1, 0.15) is 111 Å². The van der Waals surface area contributed by atoms with Gasteiger partial charge in [0.1, 0.15) is 18.0 Å². The van der Waals surface area contributed by atoms with Crippen molar-refractivity contribution in [3.63, 3.8) is 0 Å². The quantitative estimate of drug-likeness (QED) is 0.0891. The standard InChI is InChI=1S/C48H53FN6O11/c1-6-48(64)31-19-36-43-29(23-55(36)44(61)30(31)24-65-45(48)62)42-33(14-13-28-25(2)32(49)20-35(54-43)41(28)42)52-40(60)22-50-38(58)17-15-37(57)34(18-26-10-8-7-9-11-26)53-39(59)16-12-27(56)21-51-46(63)66-47(3,4)5/h7-11,19-20,33-34,64H,6,12-18,21-24H2,1-5H3,(H,50,58)(H,51,63)(H,52,60)(H,53,59)/t33-,34?,48-/m0/s1. The Bertz CT molecular complexity index is 2730. The van der Waals surface area contributed by atoms with Crippen molar-refractivity contribution in [2.75, 3.05) is 13.1 Å². The summed E-state index contributed by atoms with van der Waals surface area (Å²) in [6.07, 6.45) is -0.909. The minimum Gasteiger partial charge on any atom is -0.458 e. The first-order chi connectivity index (χ1) is 31.3. The molecule has 4 heterocycles. The molecule has 4 aromatic rings. The zero-order valence-electron chi connectivity index (χ0n) is 37.5. The van der Waals surface area contributed by atoms with Gasteiger partial charge in [0.25, 0.3) is 5.56 Å². The van der Waals surface area contributed by atoms with E-state index >= 15 is 4.39 Å². The highest BCUT2D eigenvalue weighted by molar-refractivity contribution is 5.96. The molecule has 3 aliphatic rings. The lowest BCUT2D eigenvalue weighted by Crippen LogP contribution is -2.44. The van der Waals surface area contributed by atoms with Crippen LogP contribution in [0.4, 0.5) is 9.18 Å². The first-order valence-electron chi connectivity index (χ1n) is 22.0. The first-order valence-corrected chi connectivity index (χ1v) is 22.0. The minimum absolute atomic E-state index is 0.0445. The summed E-state index contributed by atoms with van der Waals surface area (Å²) in [6, 6.07) is 10.2. The van der Waals surface area contributed by atoms with Crippen LogP contribution in [0.15, 0.2) is 47.3 Å². The van der Waals surface area contributed by atoms with E-state index in [-0.39, 0.29) is 69.3 Å². The van der Waals surface area contributed by atoms with Gasteiger partial charge in [0.15, 0.2) is 17.2 Å². The maximum atomic E-state index is 15.4. The SMILES string of the molecule is CC[C@@]1(O)C(=O)OCc2c1cc1n(c2=O)Cc2c-1nc1cc(F)c(C)c3c1c2[C@@H](NC(=O)CNC(=O)CCC(=O)C(Cc1ccccc1)NC(=O)CCC(=O)CNC(=O)OC(C)(C)C)CC3. The molecule has 7 rings (SSSR count). The number of aromatic nitrogens is 2. The average molecular weight is 909 g/mol. The fourth-order valence-electron chi connectivity index (χ4n) is 8.81. The molecule has 2 aromatic carbocycles. The van der Waals surface area contributed by atoms with E-state index in [1.165, 1.54) is 10.6 Å². The van der Waals surface area contributed by atoms with E-state index in [1.807, 2.05) is 0 Å². The Morgan fingerprint density at radius 3 is 2.39 bits per heavy atom. The molecule has 1 unspecified atom stereocenters. The van der Waals surface area contributed by atoms with Crippen LogP contribution in [0.5, 0.6) is 0 Å². The van der Waals surface area contributed by atoms with Gasteiger partial charge in [0.05, 0.1) is 54.2 Å². The maximum absolute atomic E-state index is 15.4. The average Bonchev–Trinajstić information content (AvgIpc) is 3.65. The number of amides is 4. The molecule has 0 bridgehead atoms. The van der Waals surface area contributed by atoms with Crippen molar-refractivity contribution in [1.82, 2.24) is 30.8 Å². The molecule has 0 saturated carbocycles. The number of carbonyl (C=O) groups is 7. The number of carbonyl (C=O) groups excluding carboxylic acids is 7. The summed E-state index contributed by atoms with van der Waals surface area (Å²) in [5, 5.41) is 22.6. The molecule has 0 saturated heterocycles. The number of cyclic esters (lactones) is 1. The molecule has 0 spiro atoms. The fourth-order valence-corrected chi connectivity index (χ4v) is 8.81. The van der Waals surface area contributed by atoms with Crippen LogP contribution >= 0.6 is 0 Å². The number of aliphatic hydroxyl groups is 1. The number of halogens is 1. The summed E-state index contributed by atoms with van der Waals surface area (Å²) < 4.78 is 27.2. The smallest absolute Gasteiger partial charge is 0.408 e. The number of aryl methyl sites for hydroxylation is 1. The lowest BCUT2D eigenvalue weighted by Gasteiger charge is -2.31. The molecular formula is C48H53FN6O11. The van der Waals surface area contributed by atoms with Gasteiger partial charge >= 0.3 is 12.1 Å².